The first kappa shape index (κ1) is 13.7. The Morgan fingerprint density at radius 2 is 2.16 bits per heavy atom. The van der Waals surface area contributed by atoms with Gasteiger partial charge in [0, 0.05) is 17.1 Å². The number of fused-ring (bicyclic) bond motifs is 1. The molecule has 1 aromatic carbocycles. The minimum absolute atomic E-state index is 0.130. The summed E-state index contributed by atoms with van der Waals surface area (Å²) in [5.74, 6) is -1.05. The summed E-state index contributed by atoms with van der Waals surface area (Å²) < 4.78 is 38.3. The van der Waals surface area contributed by atoms with Crippen LogP contribution >= 0.6 is 11.3 Å². The Hall–Kier alpha value is -1.76. The van der Waals surface area contributed by atoms with E-state index in [2.05, 4.69) is 0 Å². The Bertz CT molecular complexity index is 627. The molecule has 19 heavy (non-hydrogen) atoms. The second-order valence-electron chi connectivity index (χ2n) is 4.06. The van der Waals surface area contributed by atoms with Gasteiger partial charge >= 0.3 is 0 Å². The quantitative estimate of drug-likeness (QED) is 0.944. The number of carbonyl (C=O) groups is 1. The van der Waals surface area contributed by atoms with Gasteiger partial charge in [-0.2, -0.15) is 0 Å². The first-order valence-electron chi connectivity index (χ1n) is 5.41. The van der Waals surface area contributed by atoms with E-state index in [1.807, 2.05) is 0 Å². The summed E-state index contributed by atoms with van der Waals surface area (Å²) in [4.78, 5) is 13.0. The Kier molecular flexibility index (Phi) is 3.66. The molecule has 2 rings (SSSR count). The van der Waals surface area contributed by atoms with Crippen LogP contribution in [-0.4, -0.2) is 30.8 Å². The summed E-state index contributed by atoms with van der Waals surface area (Å²) in [6.45, 7) is -0.666. The predicted octanol–water partition coefficient (Wildman–Crippen LogP) is 2.96. The number of halogens is 3. The zero-order valence-corrected chi connectivity index (χ0v) is 10.8. The zero-order chi connectivity index (χ0) is 14.2. The average Bonchev–Trinajstić information content (AvgIpc) is 2.65. The van der Waals surface area contributed by atoms with E-state index in [1.165, 1.54) is 25.2 Å². The highest BCUT2D eigenvalue weighted by atomic mass is 32.1. The summed E-state index contributed by atoms with van der Waals surface area (Å²) in [5, 5.41) is 0.429. The summed E-state index contributed by atoms with van der Waals surface area (Å²) in [6, 6.07) is 4.00. The topological polar surface area (TPSA) is 46.3 Å². The van der Waals surface area contributed by atoms with Gasteiger partial charge in [-0.15, -0.1) is 11.3 Å². The van der Waals surface area contributed by atoms with Gasteiger partial charge in [0.15, 0.2) is 0 Å². The molecule has 0 bridgehead atoms. The fraction of sp³-hybridized carbons (Fsp3) is 0.250. The van der Waals surface area contributed by atoms with Crippen molar-refractivity contribution >= 4 is 33.0 Å². The minimum atomic E-state index is -2.61. The summed E-state index contributed by atoms with van der Waals surface area (Å²) >= 11 is 1.07. The molecule has 3 nitrogen and oxygen atoms in total. The minimum Gasteiger partial charge on any atom is -0.397 e. The van der Waals surface area contributed by atoms with Crippen LogP contribution in [0.25, 0.3) is 10.1 Å². The average molecular weight is 288 g/mol. The van der Waals surface area contributed by atoms with Crippen molar-refractivity contribution in [3.05, 3.63) is 28.9 Å². The van der Waals surface area contributed by atoms with Gasteiger partial charge in [-0.3, -0.25) is 4.79 Å². The highest BCUT2D eigenvalue weighted by Gasteiger charge is 2.21. The largest absolute Gasteiger partial charge is 0.397 e. The molecule has 0 spiro atoms. The number of nitrogen functional groups attached to an aromatic ring is 1. The molecule has 1 heterocycles. The predicted molar refractivity (Wildman–Crippen MR) is 69.2 cm³/mol. The molecule has 0 saturated heterocycles. The van der Waals surface area contributed by atoms with Gasteiger partial charge < -0.3 is 10.6 Å². The van der Waals surface area contributed by atoms with E-state index in [-0.39, 0.29) is 10.6 Å². The molecule has 7 heteroatoms. The number of benzene rings is 1. The van der Waals surface area contributed by atoms with Crippen molar-refractivity contribution in [3.8, 4) is 0 Å². The van der Waals surface area contributed by atoms with Crippen molar-refractivity contribution in [3.63, 3.8) is 0 Å². The molecule has 0 fully saturated rings. The number of rotatable bonds is 3. The van der Waals surface area contributed by atoms with E-state index in [0.29, 0.717) is 10.1 Å². The number of alkyl halides is 2. The number of thiophene rings is 1. The van der Waals surface area contributed by atoms with E-state index in [9.17, 15) is 18.0 Å². The van der Waals surface area contributed by atoms with Crippen LogP contribution in [-0.2, 0) is 0 Å². The number of nitrogens with zero attached hydrogens (tertiary/aromatic N) is 1. The normalized spacial score (nSPS) is 11.2. The molecule has 0 unspecified atom stereocenters. The number of anilines is 1. The molecule has 2 aromatic rings. The number of nitrogens with two attached hydrogens (primary N) is 1. The molecular formula is C12H11F3N2OS. The van der Waals surface area contributed by atoms with Crippen molar-refractivity contribution in [2.75, 3.05) is 19.3 Å². The fourth-order valence-corrected chi connectivity index (χ4v) is 2.81. The van der Waals surface area contributed by atoms with Crippen LogP contribution in [0.15, 0.2) is 18.2 Å². The summed E-state index contributed by atoms with van der Waals surface area (Å²) in [6.07, 6.45) is -2.61. The number of hydrogen-bond acceptors (Lipinski definition) is 3. The highest BCUT2D eigenvalue weighted by molar-refractivity contribution is 7.21. The van der Waals surface area contributed by atoms with Crippen LogP contribution in [0.1, 0.15) is 9.67 Å². The van der Waals surface area contributed by atoms with Crippen LogP contribution in [0.2, 0.25) is 0 Å². The Morgan fingerprint density at radius 3 is 2.79 bits per heavy atom. The lowest BCUT2D eigenvalue weighted by Crippen LogP contribution is -2.31. The van der Waals surface area contributed by atoms with Crippen LogP contribution < -0.4 is 5.73 Å². The maximum Gasteiger partial charge on any atom is 0.266 e. The first-order chi connectivity index (χ1) is 8.90. The molecule has 0 aliphatic heterocycles. The van der Waals surface area contributed by atoms with Crippen molar-refractivity contribution < 1.29 is 18.0 Å². The molecule has 1 amide bonds. The number of amides is 1. The summed E-state index contributed by atoms with van der Waals surface area (Å²) in [5.41, 5.74) is 5.92. The standard InChI is InChI=1S/C12H11F3N2OS/c1-17(5-9(14)15)12(18)11-10(16)7-4-6(13)2-3-8(7)19-11/h2-4,9H,5,16H2,1H3. The highest BCUT2D eigenvalue weighted by Crippen LogP contribution is 2.34. The lowest BCUT2D eigenvalue weighted by Gasteiger charge is -2.15. The first-order valence-corrected chi connectivity index (χ1v) is 6.23. The van der Waals surface area contributed by atoms with Gasteiger partial charge in [0.2, 0.25) is 0 Å². The SMILES string of the molecule is CN(CC(F)F)C(=O)c1sc2ccc(F)cc2c1N. The lowest BCUT2D eigenvalue weighted by atomic mass is 10.2. The maximum atomic E-state index is 13.1. The molecule has 0 radical (unpaired) electrons. The van der Waals surface area contributed by atoms with Gasteiger partial charge in [-0.1, -0.05) is 0 Å². The van der Waals surface area contributed by atoms with Gasteiger partial charge in [0.05, 0.1) is 12.2 Å². The molecule has 0 atom stereocenters. The second-order valence-corrected chi connectivity index (χ2v) is 5.11. The van der Waals surface area contributed by atoms with E-state index < -0.39 is 24.7 Å². The van der Waals surface area contributed by atoms with Crippen molar-refractivity contribution in [2.45, 2.75) is 6.43 Å². The van der Waals surface area contributed by atoms with Gasteiger partial charge in [0.25, 0.3) is 12.3 Å². The van der Waals surface area contributed by atoms with Crippen LogP contribution in [0.5, 0.6) is 0 Å². The Morgan fingerprint density at radius 1 is 1.47 bits per heavy atom. The fourth-order valence-electron chi connectivity index (χ4n) is 1.71. The van der Waals surface area contributed by atoms with Crippen molar-refractivity contribution in [1.82, 2.24) is 4.90 Å². The molecule has 0 aliphatic carbocycles. The van der Waals surface area contributed by atoms with Gasteiger partial charge in [-0.05, 0) is 18.2 Å². The number of carbonyl (C=O) groups excluding carboxylic acids is 1. The van der Waals surface area contributed by atoms with Crippen LogP contribution in [0, 0.1) is 5.82 Å². The lowest BCUT2D eigenvalue weighted by molar-refractivity contribution is 0.0625. The van der Waals surface area contributed by atoms with E-state index >= 15 is 0 Å². The van der Waals surface area contributed by atoms with Crippen LogP contribution in [0.4, 0.5) is 18.9 Å². The Balaban J connectivity index is 2.40. The molecule has 0 saturated carbocycles. The smallest absolute Gasteiger partial charge is 0.266 e. The third kappa shape index (κ3) is 2.65. The number of hydrogen-bond donors (Lipinski definition) is 1. The molecular weight excluding hydrogens is 277 g/mol. The third-order valence-electron chi connectivity index (χ3n) is 2.64. The van der Waals surface area contributed by atoms with Gasteiger partial charge in [-0.25, -0.2) is 13.2 Å². The van der Waals surface area contributed by atoms with E-state index in [1.54, 1.807) is 0 Å². The van der Waals surface area contributed by atoms with E-state index in [4.69, 9.17) is 5.73 Å². The molecule has 102 valence electrons. The monoisotopic (exact) mass is 288 g/mol. The Labute approximate surface area is 111 Å². The van der Waals surface area contributed by atoms with Crippen LogP contribution in [0.3, 0.4) is 0 Å². The molecule has 1 aromatic heterocycles. The second kappa shape index (κ2) is 5.08. The van der Waals surface area contributed by atoms with Crippen molar-refractivity contribution in [1.29, 1.82) is 0 Å². The maximum absolute atomic E-state index is 13.1. The molecule has 0 aliphatic rings. The van der Waals surface area contributed by atoms with Crippen molar-refractivity contribution in [2.24, 2.45) is 0 Å². The molecule has 2 N–H and O–H groups in total. The van der Waals surface area contributed by atoms with Gasteiger partial charge in [0.1, 0.15) is 10.7 Å². The third-order valence-corrected chi connectivity index (χ3v) is 3.82. The summed E-state index contributed by atoms with van der Waals surface area (Å²) in [7, 11) is 1.28. The van der Waals surface area contributed by atoms with E-state index in [0.717, 1.165) is 16.2 Å². The zero-order valence-electron chi connectivity index (χ0n) is 9.99.